The van der Waals surface area contributed by atoms with Gasteiger partial charge in [0.1, 0.15) is 11.8 Å². The molecule has 1 amide bonds. The molecule has 0 fully saturated rings. The first-order chi connectivity index (χ1) is 14.1. The molecule has 0 spiro atoms. The Morgan fingerprint density at radius 3 is 2.66 bits per heavy atom. The van der Waals surface area contributed by atoms with Gasteiger partial charge < -0.3 is 14.7 Å². The zero-order valence-corrected chi connectivity index (χ0v) is 16.2. The molecule has 2 heterocycles. The van der Waals surface area contributed by atoms with Crippen molar-refractivity contribution in [1.82, 2.24) is 10.2 Å². The fraction of sp³-hybridized carbons (Fsp3) is 0.318. The van der Waals surface area contributed by atoms with Crippen LogP contribution >= 0.6 is 0 Å². The van der Waals surface area contributed by atoms with Crippen molar-refractivity contribution < 1.29 is 19.4 Å². The molecule has 2 aliphatic rings. The number of nitrogens with zero attached hydrogens (tertiary/aromatic N) is 2. The summed E-state index contributed by atoms with van der Waals surface area (Å²) >= 11 is 0. The van der Waals surface area contributed by atoms with Crippen molar-refractivity contribution >= 4 is 17.8 Å². The minimum absolute atomic E-state index is 0.110. The highest BCUT2D eigenvalue weighted by molar-refractivity contribution is 6.08. The van der Waals surface area contributed by atoms with Gasteiger partial charge in [0, 0.05) is 13.1 Å². The third kappa shape index (κ3) is 3.81. The Bertz CT molecular complexity index is 955. The van der Waals surface area contributed by atoms with Gasteiger partial charge in [-0.15, -0.1) is 0 Å². The van der Waals surface area contributed by atoms with Gasteiger partial charge in [0.05, 0.1) is 6.61 Å². The molecule has 0 bridgehead atoms. The number of phenolic OH excluding ortho intramolecular Hbond substituents is 1. The molecule has 0 aromatic heterocycles. The number of esters is 1. The summed E-state index contributed by atoms with van der Waals surface area (Å²) in [6.07, 6.45) is 0.857. The lowest BCUT2D eigenvalue weighted by atomic mass is 9.91. The standard InChI is InChI=1S/C22H23N3O4/c1-2-29-21(28)18-19(15-7-9-17(26)10-8-15)23-22(24-20(18)27)25-12-11-14-5-3-4-6-16(14)13-25/h3-10,18-19,26H,2,11-13H2,1H3,(H,23,24,27)/t18-,19+/m0/s1. The van der Waals surface area contributed by atoms with Crippen molar-refractivity contribution in [2.75, 3.05) is 13.2 Å². The molecule has 0 saturated heterocycles. The SMILES string of the molecule is CCOC(=O)[C@@H]1C(=O)NC(N2CCc3ccccc3C2)=N[C@@H]1c1ccc(O)cc1. The van der Waals surface area contributed by atoms with E-state index in [1.54, 1.807) is 19.1 Å². The van der Waals surface area contributed by atoms with Crippen LogP contribution < -0.4 is 5.32 Å². The summed E-state index contributed by atoms with van der Waals surface area (Å²) in [5.74, 6) is -1.53. The highest BCUT2D eigenvalue weighted by atomic mass is 16.5. The molecular formula is C22H23N3O4. The maximum absolute atomic E-state index is 12.9. The van der Waals surface area contributed by atoms with Crippen LogP contribution in [0.2, 0.25) is 0 Å². The number of hydrogen-bond acceptors (Lipinski definition) is 6. The van der Waals surface area contributed by atoms with E-state index in [4.69, 9.17) is 9.73 Å². The molecule has 29 heavy (non-hydrogen) atoms. The van der Waals surface area contributed by atoms with Crippen molar-refractivity contribution in [3.63, 3.8) is 0 Å². The molecule has 7 heteroatoms. The van der Waals surface area contributed by atoms with Crippen molar-refractivity contribution in [1.29, 1.82) is 0 Å². The lowest BCUT2D eigenvalue weighted by Gasteiger charge is -2.36. The number of guanidine groups is 1. The molecule has 7 nitrogen and oxygen atoms in total. The highest BCUT2D eigenvalue weighted by Crippen LogP contribution is 2.32. The monoisotopic (exact) mass is 393 g/mol. The number of rotatable bonds is 3. The van der Waals surface area contributed by atoms with Crippen LogP contribution in [0.1, 0.15) is 29.7 Å². The van der Waals surface area contributed by atoms with Crippen molar-refractivity contribution in [3.05, 3.63) is 65.2 Å². The number of carbonyl (C=O) groups is 2. The largest absolute Gasteiger partial charge is 0.508 e. The maximum atomic E-state index is 12.9. The molecule has 2 aromatic carbocycles. The van der Waals surface area contributed by atoms with Crippen LogP contribution in [0.3, 0.4) is 0 Å². The second-order valence-electron chi connectivity index (χ2n) is 7.15. The first-order valence-corrected chi connectivity index (χ1v) is 9.72. The molecule has 0 aliphatic carbocycles. The molecule has 2 N–H and O–H groups in total. The second-order valence-corrected chi connectivity index (χ2v) is 7.15. The summed E-state index contributed by atoms with van der Waals surface area (Å²) in [7, 11) is 0. The average Bonchev–Trinajstić information content (AvgIpc) is 2.73. The molecule has 2 aromatic rings. The smallest absolute Gasteiger partial charge is 0.321 e. The topological polar surface area (TPSA) is 91.2 Å². The van der Waals surface area contributed by atoms with E-state index in [0.717, 1.165) is 13.0 Å². The second kappa shape index (κ2) is 7.95. The minimum Gasteiger partial charge on any atom is -0.508 e. The van der Waals surface area contributed by atoms with Crippen LogP contribution in [-0.4, -0.2) is 41.0 Å². The number of carbonyl (C=O) groups excluding carboxylic acids is 2. The predicted octanol–water partition coefficient (Wildman–Crippen LogP) is 2.16. The number of ether oxygens (including phenoxy) is 1. The summed E-state index contributed by atoms with van der Waals surface area (Å²) in [6.45, 7) is 3.25. The lowest BCUT2D eigenvalue weighted by molar-refractivity contribution is -0.153. The van der Waals surface area contributed by atoms with E-state index < -0.39 is 23.8 Å². The van der Waals surface area contributed by atoms with Gasteiger partial charge in [0.15, 0.2) is 5.92 Å². The van der Waals surface area contributed by atoms with Gasteiger partial charge in [-0.2, -0.15) is 0 Å². The zero-order valence-electron chi connectivity index (χ0n) is 16.2. The van der Waals surface area contributed by atoms with Crippen LogP contribution in [0, 0.1) is 5.92 Å². The minimum atomic E-state index is -1.07. The van der Waals surface area contributed by atoms with Crippen LogP contribution in [0.25, 0.3) is 0 Å². The van der Waals surface area contributed by atoms with Gasteiger partial charge in [0.2, 0.25) is 11.9 Å². The molecule has 150 valence electrons. The Morgan fingerprint density at radius 1 is 1.21 bits per heavy atom. The number of amides is 1. The quantitative estimate of drug-likeness (QED) is 0.616. The number of nitrogens with one attached hydrogen (secondary N) is 1. The number of benzene rings is 2. The summed E-state index contributed by atoms with van der Waals surface area (Å²) in [5.41, 5.74) is 3.17. The van der Waals surface area contributed by atoms with Gasteiger partial charge in [-0.05, 0) is 42.2 Å². The Balaban J connectivity index is 1.68. The fourth-order valence-corrected chi connectivity index (χ4v) is 3.81. The third-order valence-electron chi connectivity index (χ3n) is 5.30. The van der Waals surface area contributed by atoms with E-state index in [1.807, 2.05) is 17.0 Å². The van der Waals surface area contributed by atoms with Gasteiger partial charge in [-0.25, -0.2) is 4.99 Å². The van der Waals surface area contributed by atoms with Crippen LogP contribution in [0.4, 0.5) is 0 Å². The van der Waals surface area contributed by atoms with Crippen molar-refractivity contribution in [3.8, 4) is 5.75 Å². The van der Waals surface area contributed by atoms with E-state index in [9.17, 15) is 14.7 Å². The Morgan fingerprint density at radius 2 is 1.93 bits per heavy atom. The number of fused-ring (bicyclic) bond motifs is 1. The van der Waals surface area contributed by atoms with E-state index >= 15 is 0 Å². The van der Waals surface area contributed by atoms with Crippen molar-refractivity contribution in [2.45, 2.75) is 25.9 Å². The molecular weight excluding hydrogens is 370 g/mol. The van der Waals surface area contributed by atoms with Crippen LogP contribution in [-0.2, 0) is 27.3 Å². The van der Waals surface area contributed by atoms with Crippen LogP contribution in [0.5, 0.6) is 5.75 Å². The maximum Gasteiger partial charge on any atom is 0.321 e. The first kappa shape index (κ1) is 19.0. The van der Waals surface area contributed by atoms with E-state index in [-0.39, 0.29) is 12.4 Å². The molecule has 0 radical (unpaired) electrons. The number of aromatic hydroxyl groups is 1. The first-order valence-electron chi connectivity index (χ1n) is 9.72. The molecule has 0 unspecified atom stereocenters. The van der Waals surface area contributed by atoms with Gasteiger partial charge in [-0.1, -0.05) is 36.4 Å². The summed E-state index contributed by atoms with van der Waals surface area (Å²) < 4.78 is 5.12. The number of hydrogen-bond donors (Lipinski definition) is 2. The summed E-state index contributed by atoms with van der Waals surface area (Å²) in [4.78, 5) is 32.1. The normalized spacial score (nSPS) is 21.1. The Labute approximate surface area is 169 Å². The summed E-state index contributed by atoms with van der Waals surface area (Å²) in [5, 5.41) is 12.4. The van der Waals surface area contributed by atoms with Gasteiger partial charge >= 0.3 is 5.97 Å². The van der Waals surface area contributed by atoms with Crippen molar-refractivity contribution in [2.24, 2.45) is 10.9 Å². The summed E-state index contributed by atoms with van der Waals surface area (Å²) in [6, 6.07) is 13.9. The Kier molecular flexibility index (Phi) is 5.20. The van der Waals surface area contributed by atoms with E-state index in [1.165, 1.54) is 23.3 Å². The zero-order chi connectivity index (χ0) is 20.4. The van der Waals surface area contributed by atoms with Gasteiger partial charge in [-0.3, -0.25) is 14.9 Å². The van der Waals surface area contributed by atoms with Gasteiger partial charge in [0.25, 0.3) is 0 Å². The predicted molar refractivity (Wildman–Crippen MR) is 107 cm³/mol. The van der Waals surface area contributed by atoms with Crippen LogP contribution in [0.15, 0.2) is 53.5 Å². The fourth-order valence-electron chi connectivity index (χ4n) is 3.81. The van der Waals surface area contributed by atoms with E-state index in [2.05, 4.69) is 17.4 Å². The third-order valence-corrected chi connectivity index (χ3v) is 5.30. The average molecular weight is 393 g/mol. The molecule has 0 saturated carbocycles. The number of aliphatic imine (C=N–C) groups is 1. The molecule has 4 rings (SSSR count). The number of phenols is 1. The lowest BCUT2D eigenvalue weighted by Crippen LogP contribution is -2.53. The van der Waals surface area contributed by atoms with E-state index in [0.29, 0.717) is 18.1 Å². The Hall–Kier alpha value is -3.35. The highest BCUT2D eigenvalue weighted by Gasteiger charge is 2.42. The molecule has 2 aliphatic heterocycles. The molecule has 2 atom stereocenters.